The van der Waals surface area contributed by atoms with Crippen LogP contribution in [-0.2, 0) is 24.2 Å². The van der Waals surface area contributed by atoms with Gasteiger partial charge in [0.1, 0.15) is 0 Å². The SMILES string of the molecule is CN(CCCN1c2ccccc2CCc2ccccc21)CCC(=O)NCc1ccc(C(=O)O)cc1. The third-order valence-corrected chi connectivity index (χ3v) is 6.56. The van der Waals surface area contributed by atoms with E-state index in [0.717, 1.165) is 37.9 Å². The van der Waals surface area contributed by atoms with Crippen LogP contribution in [-0.4, -0.2) is 48.6 Å². The number of amides is 1. The number of carboxylic acid groups (broad SMARTS) is 1. The van der Waals surface area contributed by atoms with Gasteiger partial charge in [-0.3, -0.25) is 4.79 Å². The van der Waals surface area contributed by atoms with Crippen LogP contribution in [0.5, 0.6) is 0 Å². The quantitative estimate of drug-likeness (QED) is 0.450. The van der Waals surface area contributed by atoms with Gasteiger partial charge in [0.2, 0.25) is 5.91 Å². The minimum absolute atomic E-state index is 0.00506. The standard InChI is InChI=1S/C29H33N3O3/c1-31(20-17-28(33)30-21-22-11-13-25(14-12-22)29(34)35)18-6-19-32-26-9-4-2-7-23(26)15-16-24-8-3-5-10-27(24)32/h2-5,7-14H,6,15-21H2,1H3,(H,30,33)(H,34,35). The Kier molecular flexibility index (Phi) is 8.16. The third-order valence-electron chi connectivity index (χ3n) is 6.56. The van der Waals surface area contributed by atoms with Crippen LogP contribution in [0.25, 0.3) is 0 Å². The number of rotatable bonds is 10. The largest absolute Gasteiger partial charge is 0.478 e. The predicted octanol–water partition coefficient (Wildman–Crippen LogP) is 4.65. The number of anilines is 2. The Bertz CT molecular complexity index is 1110. The Morgan fingerprint density at radius 1 is 0.886 bits per heavy atom. The van der Waals surface area contributed by atoms with Crippen LogP contribution < -0.4 is 10.2 Å². The molecule has 0 saturated heterocycles. The Morgan fingerprint density at radius 3 is 2.09 bits per heavy atom. The van der Waals surface area contributed by atoms with Crippen molar-refractivity contribution in [1.29, 1.82) is 0 Å². The number of aromatic carboxylic acids is 1. The summed E-state index contributed by atoms with van der Waals surface area (Å²) < 4.78 is 0. The van der Waals surface area contributed by atoms with Gasteiger partial charge < -0.3 is 20.2 Å². The summed E-state index contributed by atoms with van der Waals surface area (Å²) in [5.74, 6) is -0.956. The zero-order chi connectivity index (χ0) is 24.6. The Morgan fingerprint density at radius 2 is 1.49 bits per heavy atom. The molecule has 3 aromatic carbocycles. The maximum atomic E-state index is 12.3. The first-order valence-corrected chi connectivity index (χ1v) is 12.2. The highest BCUT2D eigenvalue weighted by atomic mass is 16.4. The number of hydrogen-bond acceptors (Lipinski definition) is 4. The third kappa shape index (κ3) is 6.49. The lowest BCUT2D eigenvalue weighted by Gasteiger charge is -2.28. The number of nitrogens with one attached hydrogen (secondary N) is 1. The van der Waals surface area contributed by atoms with Gasteiger partial charge in [-0.1, -0.05) is 48.5 Å². The second-order valence-electron chi connectivity index (χ2n) is 9.09. The van der Waals surface area contributed by atoms with Gasteiger partial charge in [0.15, 0.2) is 0 Å². The number of carboxylic acids is 1. The topological polar surface area (TPSA) is 72.9 Å². The molecule has 1 heterocycles. The average molecular weight is 472 g/mol. The number of para-hydroxylation sites is 2. The molecule has 1 amide bonds. The molecule has 6 heteroatoms. The van der Waals surface area contributed by atoms with Gasteiger partial charge in [0.25, 0.3) is 0 Å². The van der Waals surface area contributed by atoms with Gasteiger partial charge in [-0.25, -0.2) is 4.79 Å². The fourth-order valence-corrected chi connectivity index (χ4v) is 4.57. The molecule has 0 fully saturated rings. The van der Waals surface area contributed by atoms with Crippen molar-refractivity contribution in [2.75, 3.05) is 31.6 Å². The van der Waals surface area contributed by atoms with Crippen molar-refractivity contribution in [1.82, 2.24) is 10.2 Å². The number of aryl methyl sites for hydroxylation is 2. The second-order valence-corrected chi connectivity index (χ2v) is 9.09. The summed E-state index contributed by atoms with van der Waals surface area (Å²) in [5.41, 5.74) is 6.52. The second kappa shape index (κ2) is 11.7. The van der Waals surface area contributed by atoms with Gasteiger partial charge in [-0.15, -0.1) is 0 Å². The van der Waals surface area contributed by atoms with Crippen LogP contribution in [0.3, 0.4) is 0 Å². The number of carbonyl (C=O) groups is 2. The molecule has 0 bridgehead atoms. The van der Waals surface area contributed by atoms with E-state index >= 15 is 0 Å². The van der Waals surface area contributed by atoms with Crippen LogP contribution in [0.1, 0.15) is 39.9 Å². The summed E-state index contributed by atoms with van der Waals surface area (Å²) in [4.78, 5) is 27.9. The number of carbonyl (C=O) groups excluding carboxylic acids is 1. The molecule has 0 aliphatic carbocycles. The molecule has 0 unspecified atom stereocenters. The van der Waals surface area contributed by atoms with Crippen molar-refractivity contribution in [3.05, 3.63) is 95.1 Å². The molecule has 0 radical (unpaired) electrons. The lowest BCUT2D eigenvalue weighted by Crippen LogP contribution is -2.30. The fourth-order valence-electron chi connectivity index (χ4n) is 4.57. The fraction of sp³-hybridized carbons (Fsp3) is 0.310. The van der Waals surface area contributed by atoms with Crippen molar-refractivity contribution in [2.45, 2.75) is 32.2 Å². The average Bonchev–Trinajstić information content (AvgIpc) is 3.03. The molecule has 35 heavy (non-hydrogen) atoms. The van der Waals surface area contributed by atoms with Crippen LogP contribution in [0.2, 0.25) is 0 Å². The minimum Gasteiger partial charge on any atom is -0.478 e. The van der Waals surface area contributed by atoms with Crippen molar-refractivity contribution < 1.29 is 14.7 Å². The zero-order valence-electron chi connectivity index (χ0n) is 20.2. The lowest BCUT2D eigenvalue weighted by atomic mass is 10.0. The summed E-state index contributed by atoms with van der Waals surface area (Å²) >= 11 is 0. The molecular weight excluding hydrogens is 438 g/mol. The van der Waals surface area contributed by atoms with Crippen molar-refractivity contribution in [2.24, 2.45) is 0 Å². The maximum absolute atomic E-state index is 12.3. The first-order valence-electron chi connectivity index (χ1n) is 12.2. The monoisotopic (exact) mass is 471 g/mol. The molecule has 182 valence electrons. The van der Waals surface area contributed by atoms with E-state index in [4.69, 9.17) is 5.11 Å². The van der Waals surface area contributed by atoms with Gasteiger partial charge >= 0.3 is 5.97 Å². The molecule has 2 N–H and O–H groups in total. The molecule has 0 saturated carbocycles. The lowest BCUT2D eigenvalue weighted by molar-refractivity contribution is -0.121. The number of nitrogens with zero attached hydrogens (tertiary/aromatic N) is 2. The van der Waals surface area contributed by atoms with Gasteiger partial charge in [-0.2, -0.15) is 0 Å². The molecule has 1 aliphatic rings. The summed E-state index contributed by atoms with van der Waals surface area (Å²) in [6.45, 7) is 2.93. The Balaban J connectivity index is 1.24. The van der Waals surface area contributed by atoms with Gasteiger partial charge in [0.05, 0.1) is 5.56 Å². The molecule has 0 spiro atoms. The smallest absolute Gasteiger partial charge is 0.335 e. The van der Waals surface area contributed by atoms with Crippen LogP contribution in [0, 0.1) is 0 Å². The van der Waals surface area contributed by atoms with E-state index in [0.29, 0.717) is 19.5 Å². The Labute approximate surface area is 207 Å². The van der Waals surface area contributed by atoms with E-state index in [-0.39, 0.29) is 11.5 Å². The van der Waals surface area contributed by atoms with Gasteiger partial charge in [-0.05, 0) is 73.8 Å². The van der Waals surface area contributed by atoms with Crippen LogP contribution in [0.15, 0.2) is 72.8 Å². The van der Waals surface area contributed by atoms with E-state index in [9.17, 15) is 9.59 Å². The minimum atomic E-state index is -0.951. The van der Waals surface area contributed by atoms with Crippen LogP contribution >= 0.6 is 0 Å². The number of benzene rings is 3. The number of hydrogen-bond donors (Lipinski definition) is 2. The molecule has 3 aromatic rings. The van der Waals surface area contributed by atoms with E-state index in [1.807, 2.05) is 0 Å². The normalized spacial score (nSPS) is 12.6. The summed E-state index contributed by atoms with van der Waals surface area (Å²) in [6.07, 6.45) is 3.54. The van der Waals surface area contributed by atoms with E-state index < -0.39 is 5.97 Å². The highest BCUT2D eigenvalue weighted by molar-refractivity contribution is 5.87. The summed E-state index contributed by atoms with van der Waals surface area (Å²) in [6, 6.07) is 24.0. The molecule has 6 nitrogen and oxygen atoms in total. The Hall–Kier alpha value is -3.64. The molecule has 0 atom stereocenters. The van der Waals surface area contributed by atoms with E-state index in [1.54, 1.807) is 24.3 Å². The van der Waals surface area contributed by atoms with Crippen molar-refractivity contribution >= 4 is 23.3 Å². The van der Waals surface area contributed by atoms with E-state index in [1.165, 1.54) is 22.5 Å². The first-order chi connectivity index (χ1) is 17.0. The van der Waals surface area contributed by atoms with Crippen molar-refractivity contribution in [3.63, 3.8) is 0 Å². The van der Waals surface area contributed by atoms with E-state index in [2.05, 4.69) is 70.7 Å². The highest BCUT2D eigenvalue weighted by Crippen LogP contribution is 2.35. The molecule has 1 aliphatic heterocycles. The molecule has 0 aromatic heterocycles. The number of fused-ring (bicyclic) bond motifs is 2. The summed E-state index contributed by atoms with van der Waals surface area (Å²) in [7, 11) is 2.06. The predicted molar refractivity (Wildman–Crippen MR) is 139 cm³/mol. The highest BCUT2D eigenvalue weighted by Gasteiger charge is 2.19. The first kappa shape index (κ1) is 24.5. The van der Waals surface area contributed by atoms with Crippen LogP contribution in [0.4, 0.5) is 11.4 Å². The zero-order valence-corrected chi connectivity index (χ0v) is 20.2. The maximum Gasteiger partial charge on any atom is 0.335 e. The molecular formula is C29H33N3O3. The van der Waals surface area contributed by atoms with Gasteiger partial charge in [0, 0.05) is 37.4 Å². The summed E-state index contributed by atoms with van der Waals surface area (Å²) in [5, 5.41) is 11.9. The molecule has 4 rings (SSSR count). The van der Waals surface area contributed by atoms with Crippen molar-refractivity contribution in [3.8, 4) is 0 Å².